The number of hydrogen-bond acceptors (Lipinski definition) is 6. The van der Waals surface area contributed by atoms with Crippen LogP contribution in [-0.2, 0) is 11.3 Å². The maximum Gasteiger partial charge on any atom is 0.298 e. The number of nitrogens with zero attached hydrogens (tertiary/aromatic N) is 4. The second-order valence-electron chi connectivity index (χ2n) is 8.07. The highest BCUT2D eigenvalue weighted by Gasteiger charge is 2.42. The van der Waals surface area contributed by atoms with E-state index in [1.807, 2.05) is 43.9 Å². The predicted octanol–water partition coefficient (Wildman–Crippen LogP) is 3.37. The molecule has 3 aromatic rings. The number of oxazole rings is 1. The number of aryl methyl sites for hydroxylation is 3. The molecule has 3 aliphatic rings. The molecule has 3 aliphatic heterocycles. The molecule has 0 saturated carbocycles. The summed E-state index contributed by atoms with van der Waals surface area (Å²) in [5, 5.41) is 4.04. The molecule has 6 rings (SSSR count). The molecule has 28 heavy (non-hydrogen) atoms. The summed E-state index contributed by atoms with van der Waals surface area (Å²) in [6.45, 7) is 7.82. The molecular weight excluding hydrogens is 356 g/mol. The first-order valence-corrected chi connectivity index (χ1v) is 9.84. The highest BCUT2D eigenvalue weighted by molar-refractivity contribution is 5.82. The molecule has 2 aromatic heterocycles. The number of fused-ring (bicyclic) bond motifs is 5. The smallest absolute Gasteiger partial charge is 0.298 e. The molecule has 1 amide bonds. The Bertz CT molecular complexity index is 1030. The highest BCUT2D eigenvalue weighted by atomic mass is 16.5. The van der Waals surface area contributed by atoms with Crippen molar-refractivity contribution in [3.63, 3.8) is 0 Å². The van der Waals surface area contributed by atoms with E-state index >= 15 is 0 Å². The fraction of sp³-hybridized carbons (Fsp3) is 0.476. The summed E-state index contributed by atoms with van der Waals surface area (Å²) < 4.78 is 11.3. The fourth-order valence-corrected chi connectivity index (χ4v) is 4.46. The van der Waals surface area contributed by atoms with E-state index in [0.717, 1.165) is 53.1 Å². The molecule has 3 saturated heterocycles. The molecule has 5 heterocycles. The molecule has 0 N–H and O–H groups in total. The summed E-state index contributed by atoms with van der Waals surface area (Å²) in [7, 11) is 0. The number of carbonyl (C=O) groups excluding carboxylic acids is 1. The summed E-state index contributed by atoms with van der Waals surface area (Å²) >= 11 is 0. The van der Waals surface area contributed by atoms with Crippen molar-refractivity contribution in [2.75, 3.05) is 18.0 Å². The van der Waals surface area contributed by atoms with Crippen LogP contribution in [0.2, 0.25) is 0 Å². The van der Waals surface area contributed by atoms with Crippen LogP contribution in [0.3, 0.4) is 0 Å². The molecule has 0 spiro atoms. The Morgan fingerprint density at radius 3 is 2.82 bits per heavy atom. The lowest BCUT2D eigenvalue weighted by Gasteiger charge is -2.35. The summed E-state index contributed by atoms with van der Waals surface area (Å²) in [5.41, 5.74) is 4.69. The van der Waals surface area contributed by atoms with Crippen molar-refractivity contribution < 1.29 is 13.7 Å². The zero-order valence-corrected chi connectivity index (χ0v) is 16.4. The Kier molecular flexibility index (Phi) is 3.92. The van der Waals surface area contributed by atoms with E-state index in [4.69, 9.17) is 13.9 Å². The SMILES string of the molecule is Cc1ccc2oc(N3C[C@H]4CC[C@@H](C3)N(Cc3c(C)noc3C)C4=O)nc2c1. The Balaban J connectivity index is 1.44. The minimum atomic E-state index is -0.0315. The Morgan fingerprint density at radius 2 is 2.04 bits per heavy atom. The summed E-state index contributed by atoms with van der Waals surface area (Å²) in [6.07, 6.45) is 1.91. The van der Waals surface area contributed by atoms with Crippen LogP contribution in [0.1, 0.15) is 35.4 Å². The topological polar surface area (TPSA) is 75.6 Å². The van der Waals surface area contributed by atoms with Gasteiger partial charge in [0.2, 0.25) is 5.91 Å². The normalized spacial score (nSPS) is 22.3. The third kappa shape index (κ3) is 2.77. The van der Waals surface area contributed by atoms with E-state index < -0.39 is 0 Å². The standard InChI is InChI=1S/C21H24N4O3/c1-12-4-7-19-18(8-12)22-21(27-19)24-9-15-5-6-16(10-24)25(20(15)26)11-17-13(2)23-28-14(17)3/h4,7-8,15-16H,5-6,9-11H2,1-3H3/t15-,16+/m1/s1. The van der Waals surface area contributed by atoms with Crippen molar-refractivity contribution >= 4 is 23.0 Å². The molecule has 3 fully saturated rings. The predicted molar refractivity (Wildman–Crippen MR) is 104 cm³/mol. The van der Waals surface area contributed by atoms with E-state index in [-0.39, 0.29) is 17.9 Å². The van der Waals surface area contributed by atoms with Crippen molar-refractivity contribution in [3.8, 4) is 0 Å². The summed E-state index contributed by atoms with van der Waals surface area (Å²) in [4.78, 5) is 22.0. The molecule has 2 bridgehead atoms. The van der Waals surface area contributed by atoms with Gasteiger partial charge in [0.05, 0.1) is 18.2 Å². The van der Waals surface area contributed by atoms with Crippen LogP contribution < -0.4 is 4.90 Å². The number of amides is 1. The maximum atomic E-state index is 13.1. The third-order valence-electron chi connectivity index (χ3n) is 6.11. The van der Waals surface area contributed by atoms with Gasteiger partial charge in [-0.05, 0) is 51.3 Å². The molecule has 0 aliphatic carbocycles. The number of aromatic nitrogens is 2. The summed E-state index contributed by atoms with van der Waals surface area (Å²) in [6, 6.07) is 6.77. The van der Waals surface area contributed by atoms with Gasteiger partial charge in [-0.1, -0.05) is 11.2 Å². The van der Waals surface area contributed by atoms with Crippen LogP contribution in [0.5, 0.6) is 0 Å². The van der Waals surface area contributed by atoms with E-state index in [1.165, 1.54) is 0 Å². The van der Waals surface area contributed by atoms with Crippen LogP contribution in [0.25, 0.3) is 11.1 Å². The number of hydrogen-bond donors (Lipinski definition) is 0. The molecule has 7 nitrogen and oxygen atoms in total. The van der Waals surface area contributed by atoms with Gasteiger partial charge < -0.3 is 18.7 Å². The Hall–Kier alpha value is -2.83. The molecule has 1 aromatic carbocycles. The van der Waals surface area contributed by atoms with E-state index in [0.29, 0.717) is 19.1 Å². The lowest BCUT2D eigenvalue weighted by molar-refractivity contribution is -0.140. The van der Waals surface area contributed by atoms with E-state index in [1.54, 1.807) is 0 Å². The van der Waals surface area contributed by atoms with Crippen LogP contribution in [-0.4, -0.2) is 40.1 Å². The molecule has 146 valence electrons. The first-order valence-electron chi connectivity index (χ1n) is 9.84. The minimum Gasteiger partial charge on any atom is -0.423 e. The van der Waals surface area contributed by atoms with Gasteiger partial charge in [0.15, 0.2) is 5.58 Å². The van der Waals surface area contributed by atoms with Crippen molar-refractivity contribution in [2.45, 2.75) is 46.2 Å². The second-order valence-corrected chi connectivity index (χ2v) is 8.07. The lowest BCUT2D eigenvalue weighted by atomic mass is 9.93. The molecule has 0 radical (unpaired) electrons. The van der Waals surface area contributed by atoms with Gasteiger partial charge in [0.1, 0.15) is 11.3 Å². The van der Waals surface area contributed by atoms with Crippen molar-refractivity contribution in [3.05, 3.63) is 40.8 Å². The number of benzene rings is 1. The maximum absolute atomic E-state index is 13.1. The first kappa shape index (κ1) is 17.3. The molecule has 2 atom stereocenters. The highest BCUT2D eigenvalue weighted by Crippen LogP contribution is 2.34. The molecule has 7 heteroatoms. The van der Waals surface area contributed by atoms with Gasteiger partial charge in [-0.25, -0.2) is 0 Å². The van der Waals surface area contributed by atoms with Gasteiger partial charge in [-0.3, -0.25) is 4.79 Å². The van der Waals surface area contributed by atoms with Crippen molar-refractivity contribution in [1.29, 1.82) is 0 Å². The van der Waals surface area contributed by atoms with E-state index in [9.17, 15) is 4.79 Å². The first-order chi connectivity index (χ1) is 13.5. The van der Waals surface area contributed by atoms with Crippen molar-refractivity contribution in [1.82, 2.24) is 15.0 Å². The number of carbonyl (C=O) groups is 1. The van der Waals surface area contributed by atoms with Gasteiger partial charge in [-0.2, -0.15) is 4.98 Å². The number of piperidine rings is 1. The zero-order chi connectivity index (χ0) is 19.4. The van der Waals surface area contributed by atoms with Crippen LogP contribution in [0, 0.1) is 26.7 Å². The molecule has 0 unspecified atom stereocenters. The summed E-state index contributed by atoms with van der Waals surface area (Å²) in [5.74, 6) is 0.971. The minimum absolute atomic E-state index is 0.0315. The monoisotopic (exact) mass is 380 g/mol. The second kappa shape index (κ2) is 6.36. The number of rotatable bonds is 3. The van der Waals surface area contributed by atoms with Crippen molar-refractivity contribution in [2.24, 2.45) is 5.92 Å². The Morgan fingerprint density at radius 1 is 1.18 bits per heavy atom. The average Bonchev–Trinajstić information content (AvgIpc) is 3.10. The average molecular weight is 380 g/mol. The van der Waals surface area contributed by atoms with Gasteiger partial charge >= 0.3 is 0 Å². The van der Waals surface area contributed by atoms with Crippen LogP contribution >= 0.6 is 0 Å². The van der Waals surface area contributed by atoms with Crippen LogP contribution in [0.15, 0.2) is 27.1 Å². The quantitative estimate of drug-likeness (QED) is 0.693. The number of anilines is 1. The lowest BCUT2D eigenvalue weighted by Crippen LogP contribution is -2.47. The van der Waals surface area contributed by atoms with Gasteiger partial charge in [0.25, 0.3) is 6.01 Å². The van der Waals surface area contributed by atoms with Gasteiger partial charge in [0, 0.05) is 24.7 Å². The van der Waals surface area contributed by atoms with Gasteiger partial charge in [-0.15, -0.1) is 0 Å². The third-order valence-corrected chi connectivity index (χ3v) is 6.11. The fourth-order valence-electron chi connectivity index (χ4n) is 4.46. The Labute approximate surface area is 163 Å². The molecular formula is C21H24N4O3. The largest absolute Gasteiger partial charge is 0.423 e. The van der Waals surface area contributed by atoms with Crippen LogP contribution in [0.4, 0.5) is 6.01 Å². The zero-order valence-electron chi connectivity index (χ0n) is 16.4. The van der Waals surface area contributed by atoms with E-state index in [2.05, 4.69) is 10.1 Å².